The molecule has 8 heteroatoms. The monoisotopic (exact) mass is 287 g/mol. The first-order valence-corrected chi connectivity index (χ1v) is 7.58. The first kappa shape index (κ1) is 15.8. The molecule has 19 heavy (non-hydrogen) atoms. The van der Waals surface area contributed by atoms with Crippen LogP contribution in [-0.2, 0) is 10.0 Å². The van der Waals surface area contributed by atoms with Crippen LogP contribution in [0, 0.1) is 0 Å². The third-order valence-electron chi connectivity index (χ3n) is 2.82. The predicted molar refractivity (Wildman–Crippen MR) is 74.0 cm³/mol. The van der Waals surface area contributed by atoms with E-state index in [-0.39, 0.29) is 10.8 Å². The Hall–Kier alpha value is -1.25. The van der Waals surface area contributed by atoms with E-state index < -0.39 is 10.0 Å². The second-order valence-electron chi connectivity index (χ2n) is 4.60. The highest BCUT2D eigenvalue weighted by Crippen LogP contribution is 2.05. The van der Waals surface area contributed by atoms with Crippen molar-refractivity contribution in [3.05, 3.63) is 12.4 Å². The van der Waals surface area contributed by atoms with Crippen molar-refractivity contribution in [3.8, 4) is 0 Å². The normalized spacial score (nSPS) is 12.3. The Bertz CT molecular complexity index is 486. The lowest BCUT2D eigenvalue weighted by atomic mass is 10.3. The standard InChI is InChI=1S/C11H21N5O2S/c1-9(2)16(3)6-4-5-15-19(17,18)10-7-13-11(12)14-8-10/h7-9,15H,4-6H2,1-3H3,(H2,12,13,14). The Kier molecular flexibility index (Phi) is 5.64. The molecule has 0 aliphatic carbocycles. The number of nitrogens with two attached hydrogens (primary N) is 1. The molecule has 0 aliphatic heterocycles. The summed E-state index contributed by atoms with van der Waals surface area (Å²) >= 11 is 0. The highest BCUT2D eigenvalue weighted by Gasteiger charge is 2.14. The van der Waals surface area contributed by atoms with E-state index in [0.717, 1.165) is 13.0 Å². The van der Waals surface area contributed by atoms with Crippen molar-refractivity contribution in [1.29, 1.82) is 0 Å². The zero-order valence-corrected chi connectivity index (χ0v) is 12.3. The van der Waals surface area contributed by atoms with Crippen LogP contribution >= 0.6 is 0 Å². The number of aromatic nitrogens is 2. The van der Waals surface area contributed by atoms with Crippen LogP contribution in [0.1, 0.15) is 20.3 Å². The Balaban J connectivity index is 2.46. The van der Waals surface area contributed by atoms with E-state index in [4.69, 9.17) is 5.73 Å². The summed E-state index contributed by atoms with van der Waals surface area (Å²) in [4.78, 5) is 9.51. The van der Waals surface area contributed by atoms with Crippen molar-refractivity contribution in [3.63, 3.8) is 0 Å². The summed E-state index contributed by atoms with van der Waals surface area (Å²) in [6, 6.07) is 0.446. The van der Waals surface area contributed by atoms with E-state index in [1.807, 2.05) is 7.05 Å². The van der Waals surface area contributed by atoms with Crippen LogP contribution in [0.25, 0.3) is 0 Å². The van der Waals surface area contributed by atoms with E-state index in [0.29, 0.717) is 12.6 Å². The molecule has 3 N–H and O–H groups in total. The fourth-order valence-electron chi connectivity index (χ4n) is 1.34. The molecule has 1 aromatic heterocycles. The van der Waals surface area contributed by atoms with Crippen molar-refractivity contribution < 1.29 is 8.42 Å². The highest BCUT2D eigenvalue weighted by molar-refractivity contribution is 7.89. The van der Waals surface area contributed by atoms with Gasteiger partial charge in [0, 0.05) is 12.6 Å². The number of hydrogen-bond donors (Lipinski definition) is 2. The van der Waals surface area contributed by atoms with Gasteiger partial charge in [0.1, 0.15) is 4.90 Å². The van der Waals surface area contributed by atoms with Crippen LogP contribution in [0.3, 0.4) is 0 Å². The number of hydrogen-bond acceptors (Lipinski definition) is 6. The molecule has 0 saturated carbocycles. The maximum atomic E-state index is 11.9. The molecule has 0 radical (unpaired) electrons. The maximum absolute atomic E-state index is 11.9. The van der Waals surface area contributed by atoms with E-state index in [9.17, 15) is 8.42 Å². The molecule has 0 unspecified atom stereocenters. The smallest absolute Gasteiger partial charge is 0.243 e. The van der Waals surface area contributed by atoms with Gasteiger partial charge in [0.05, 0.1) is 12.4 Å². The molecule has 0 aliphatic rings. The van der Waals surface area contributed by atoms with Crippen LogP contribution in [-0.4, -0.2) is 49.5 Å². The van der Waals surface area contributed by atoms with Gasteiger partial charge in [0.25, 0.3) is 0 Å². The molecular formula is C11H21N5O2S. The van der Waals surface area contributed by atoms with Crippen molar-refractivity contribution in [2.45, 2.75) is 31.2 Å². The van der Waals surface area contributed by atoms with Gasteiger partial charge in [-0.25, -0.2) is 23.1 Å². The lowest BCUT2D eigenvalue weighted by Crippen LogP contribution is -2.31. The van der Waals surface area contributed by atoms with Crippen molar-refractivity contribution in [1.82, 2.24) is 19.6 Å². The molecule has 0 amide bonds. The summed E-state index contributed by atoms with van der Waals surface area (Å²) in [6.45, 7) is 5.40. The number of nitrogens with zero attached hydrogens (tertiary/aromatic N) is 3. The third-order valence-corrected chi connectivity index (χ3v) is 4.24. The topological polar surface area (TPSA) is 101 Å². The summed E-state index contributed by atoms with van der Waals surface area (Å²) in [5.74, 6) is 0.0532. The lowest BCUT2D eigenvalue weighted by Gasteiger charge is -2.20. The third kappa shape index (κ3) is 5.09. The molecule has 0 atom stereocenters. The first-order valence-electron chi connectivity index (χ1n) is 6.10. The van der Waals surface area contributed by atoms with Gasteiger partial charge in [0.15, 0.2) is 0 Å². The highest BCUT2D eigenvalue weighted by atomic mass is 32.2. The van der Waals surface area contributed by atoms with Gasteiger partial charge in [-0.1, -0.05) is 0 Å². The van der Waals surface area contributed by atoms with Crippen LogP contribution in [0.5, 0.6) is 0 Å². The van der Waals surface area contributed by atoms with Gasteiger partial charge < -0.3 is 10.6 Å². The maximum Gasteiger partial charge on any atom is 0.243 e. The molecule has 0 aromatic carbocycles. The molecule has 0 spiro atoms. The predicted octanol–water partition coefficient (Wildman–Crippen LogP) is 0.0674. The van der Waals surface area contributed by atoms with Crippen LogP contribution in [0.15, 0.2) is 17.3 Å². The SMILES string of the molecule is CC(C)N(C)CCCNS(=O)(=O)c1cnc(N)nc1. The summed E-state index contributed by atoms with van der Waals surface area (Å²) in [5, 5.41) is 0. The second kappa shape index (κ2) is 6.78. The minimum absolute atomic E-state index is 0.0268. The molecule has 0 saturated heterocycles. The largest absolute Gasteiger partial charge is 0.368 e. The summed E-state index contributed by atoms with van der Waals surface area (Å²) in [5.41, 5.74) is 5.31. The minimum Gasteiger partial charge on any atom is -0.368 e. The Morgan fingerprint density at radius 3 is 2.47 bits per heavy atom. The molecule has 1 aromatic rings. The first-order chi connectivity index (χ1) is 8.83. The minimum atomic E-state index is -3.54. The molecule has 0 bridgehead atoms. The van der Waals surface area contributed by atoms with E-state index in [1.165, 1.54) is 12.4 Å². The number of nitrogen functional groups attached to an aromatic ring is 1. The second-order valence-corrected chi connectivity index (χ2v) is 6.37. The van der Waals surface area contributed by atoms with E-state index in [1.54, 1.807) is 0 Å². The summed E-state index contributed by atoms with van der Waals surface area (Å²) < 4.78 is 26.3. The zero-order chi connectivity index (χ0) is 14.5. The van der Waals surface area contributed by atoms with E-state index in [2.05, 4.69) is 33.4 Å². The summed E-state index contributed by atoms with van der Waals surface area (Å²) in [7, 11) is -1.54. The fourth-order valence-corrected chi connectivity index (χ4v) is 2.30. The molecule has 7 nitrogen and oxygen atoms in total. The average molecular weight is 287 g/mol. The Labute approximate surface area is 114 Å². The van der Waals surface area contributed by atoms with Crippen molar-refractivity contribution >= 4 is 16.0 Å². The summed E-state index contributed by atoms with van der Waals surface area (Å²) in [6.07, 6.45) is 3.14. The Morgan fingerprint density at radius 2 is 1.95 bits per heavy atom. The fraction of sp³-hybridized carbons (Fsp3) is 0.636. The van der Waals surface area contributed by atoms with Gasteiger partial charge >= 0.3 is 0 Å². The number of nitrogens with one attached hydrogen (secondary N) is 1. The van der Waals surface area contributed by atoms with Crippen molar-refractivity contribution in [2.75, 3.05) is 25.9 Å². The number of anilines is 1. The molecule has 108 valence electrons. The molecule has 1 heterocycles. The number of rotatable bonds is 7. The molecule has 0 fully saturated rings. The van der Waals surface area contributed by atoms with Gasteiger partial charge in [-0.2, -0.15) is 0 Å². The van der Waals surface area contributed by atoms with Crippen LogP contribution in [0.2, 0.25) is 0 Å². The molecular weight excluding hydrogens is 266 g/mol. The quantitative estimate of drug-likeness (QED) is 0.688. The van der Waals surface area contributed by atoms with Crippen LogP contribution in [0.4, 0.5) is 5.95 Å². The van der Waals surface area contributed by atoms with Gasteiger partial charge in [-0.15, -0.1) is 0 Å². The van der Waals surface area contributed by atoms with Crippen molar-refractivity contribution in [2.24, 2.45) is 0 Å². The van der Waals surface area contributed by atoms with Gasteiger partial charge in [0.2, 0.25) is 16.0 Å². The number of sulfonamides is 1. The van der Waals surface area contributed by atoms with Gasteiger partial charge in [-0.05, 0) is 33.9 Å². The zero-order valence-electron chi connectivity index (χ0n) is 11.5. The molecule has 1 rings (SSSR count). The lowest BCUT2D eigenvalue weighted by molar-refractivity contribution is 0.271. The Morgan fingerprint density at radius 1 is 1.37 bits per heavy atom. The average Bonchev–Trinajstić information content (AvgIpc) is 2.34. The van der Waals surface area contributed by atoms with Crippen LogP contribution < -0.4 is 10.5 Å². The van der Waals surface area contributed by atoms with Gasteiger partial charge in [-0.3, -0.25) is 0 Å². The van der Waals surface area contributed by atoms with E-state index >= 15 is 0 Å².